The summed E-state index contributed by atoms with van der Waals surface area (Å²) < 4.78 is 0. The van der Waals surface area contributed by atoms with E-state index in [4.69, 9.17) is 0 Å². The van der Waals surface area contributed by atoms with Crippen molar-refractivity contribution in [3.8, 4) is 0 Å². The molecule has 1 aliphatic heterocycles. The highest BCUT2D eigenvalue weighted by molar-refractivity contribution is 6.97. The number of para-hydroxylation sites is 1. The standard InChI is InChI=1S/C14H17NSi/c1-5-11-13(6-2)16(3,4)14-10-8-7-9-12(14)15-11/h5-10,15H,1-2H2,3-4H3. The van der Waals surface area contributed by atoms with Crippen LogP contribution in [0.5, 0.6) is 0 Å². The van der Waals surface area contributed by atoms with Crippen LogP contribution >= 0.6 is 0 Å². The van der Waals surface area contributed by atoms with Crippen molar-refractivity contribution in [2.24, 2.45) is 0 Å². The summed E-state index contributed by atoms with van der Waals surface area (Å²) in [6.45, 7) is 12.5. The Morgan fingerprint density at radius 2 is 1.81 bits per heavy atom. The molecule has 0 unspecified atom stereocenters. The molecule has 1 aromatic rings. The fraction of sp³-hybridized carbons (Fsp3) is 0.143. The SMILES string of the molecule is C=CC1=C(C=C)[Si](C)(C)c2ccccc2N1. The summed E-state index contributed by atoms with van der Waals surface area (Å²) in [5.41, 5.74) is 2.34. The maximum atomic E-state index is 3.94. The van der Waals surface area contributed by atoms with E-state index in [1.54, 1.807) is 0 Å². The molecule has 0 fully saturated rings. The van der Waals surface area contributed by atoms with Crippen LogP contribution in [0.25, 0.3) is 0 Å². The maximum absolute atomic E-state index is 3.94. The molecule has 0 radical (unpaired) electrons. The average molecular weight is 227 g/mol. The maximum Gasteiger partial charge on any atom is 0.117 e. The molecule has 1 N–H and O–H groups in total. The van der Waals surface area contributed by atoms with E-state index in [1.807, 2.05) is 12.2 Å². The summed E-state index contributed by atoms with van der Waals surface area (Å²) in [7, 11) is -1.60. The molecule has 1 nitrogen and oxygen atoms in total. The lowest BCUT2D eigenvalue weighted by Gasteiger charge is -2.34. The minimum atomic E-state index is -1.60. The first-order chi connectivity index (χ1) is 7.61. The number of rotatable bonds is 2. The zero-order chi connectivity index (χ0) is 11.8. The molecule has 0 saturated heterocycles. The topological polar surface area (TPSA) is 12.0 Å². The Balaban J connectivity index is 2.68. The van der Waals surface area contributed by atoms with Gasteiger partial charge in [-0.25, -0.2) is 0 Å². The van der Waals surface area contributed by atoms with Gasteiger partial charge in [0, 0.05) is 11.4 Å². The number of fused-ring (bicyclic) bond motifs is 1. The Morgan fingerprint density at radius 3 is 2.44 bits per heavy atom. The van der Waals surface area contributed by atoms with Gasteiger partial charge in [-0.15, -0.1) is 0 Å². The smallest absolute Gasteiger partial charge is 0.117 e. The second-order valence-electron chi connectivity index (χ2n) is 4.53. The summed E-state index contributed by atoms with van der Waals surface area (Å²) >= 11 is 0. The Hall–Kier alpha value is -1.54. The molecule has 0 amide bonds. The first-order valence-electron chi connectivity index (χ1n) is 5.47. The number of benzene rings is 1. The molecule has 0 spiro atoms. The number of hydrogen-bond acceptors (Lipinski definition) is 1. The third kappa shape index (κ3) is 1.46. The molecule has 1 aromatic carbocycles. The molecule has 16 heavy (non-hydrogen) atoms. The summed E-state index contributed by atoms with van der Waals surface area (Å²) in [6.07, 6.45) is 3.87. The van der Waals surface area contributed by atoms with E-state index in [1.165, 1.54) is 16.1 Å². The molecule has 0 aliphatic carbocycles. The number of allylic oxidation sites excluding steroid dienone is 3. The quantitative estimate of drug-likeness (QED) is 0.765. The number of hydrogen-bond donors (Lipinski definition) is 1. The minimum Gasteiger partial charge on any atom is -0.356 e. The van der Waals surface area contributed by atoms with Crippen molar-refractivity contribution in [2.75, 3.05) is 5.32 Å². The molecule has 82 valence electrons. The van der Waals surface area contributed by atoms with Crippen LogP contribution in [0.1, 0.15) is 0 Å². The molecule has 0 atom stereocenters. The fourth-order valence-electron chi connectivity index (χ4n) is 2.36. The van der Waals surface area contributed by atoms with Gasteiger partial charge in [0.15, 0.2) is 0 Å². The van der Waals surface area contributed by atoms with Gasteiger partial charge < -0.3 is 5.32 Å². The van der Waals surface area contributed by atoms with Crippen molar-refractivity contribution in [1.82, 2.24) is 0 Å². The molecular weight excluding hydrogens is 210 g/mol. The highest BCUT2D eigenvalue weighted by Crippen LogP contribution is 2.28. The van der Waals surface area contributed by atoms with E-state index in [9.17, 15) is 0 Å². The lowest BCUT2D eigenvalue weighted by Crippen LogP contribution is -2.48. The zero-order valence-electron chi connectivity index (χ0n) is 9.88. The summed E-state index contributed by atoms with van der Waals surface area (Å²) in [6, 6.07) is 8.52. The molecule has 1 heterocycles. The molecular formula is C14H17NSi. The Morgan fingerprint density at radius 1 is 1.12 bits per heavy atom. The number of anilines is 1. The minimum absolute atomic E-state index is 1.12. The van der Waals surface area contributed by atoms with Gasteiger partial charge in [-0.1, -0.05) is 50.5 Å². The third-order valence-corrected chi connectivity index (χ3v) is 6.84. The number of nitrogens with one attached hydrogen (secondary N) is 1. The van der Waals surface area contributed by atoms with Gasteiger partial charge in [-0.2, -0.15) is 0 Å². The van der Waals surface area contributed by atoms with Crippen molar-refractivity contribution in [1.29, 1.82) is 0 Å². The molecule has 2 rings (SSSR count). The molecule has 1 aliphatic rings. The van der Waals surface area contributed by atoms with Gasteiger partial charge in [0.05, 0.1) is 0 Å². The predicted octanol–water partition coefficient (Wildman–Crippen LogP) is 3.19. The van der Waals surface area contributed by atoms with E-state index in [0.29, 0.717) is 0 Å². The molecule has 2 heteroatoms. The normalized spacial score (nSPS) is 17.4. The van der Waals surface area contributed by atoms with Crippen molar-refractivity contribution in [3.63, 3.8) is 0 Å². The molecule has 0 aromatic heterocycles. The average Bonchev–Trinajstić information content (AvgIpc) is 2.28. The highest BCUT2D eigenvalue weighted by Gasteiger charge is 2.34. The summed E-state index contributed by atoms with van der Waals surface area (Å²) in [5, 5.41) is 6.20. The third-order valence-electron chi connectivity index (χ3n) is 3.24. The van der Waals surface area contributed by atoms with Gasteiger partial charge in [0.1, 0.15) is 8.07 Å². The van der Waals surface area contributed by atoms with Crippen LogP contribution in [-0.4, -0.2) is 8.07 Å². The van der Waals surface area contributed by atoms with E-state index in [-0.39, 0.29) is 0 Å². The van der Waals surface area contributed by atoms with Gasteiger partial charge in [0.2, 0.25) is 0 Å². The zero-order valence-corrected chi connectivity index (χ0v) is 10.9. The van der Waals surface area contributed by atoms with Crippen molar-refractivity contribution < 1.29 is 0 Å². The monoisotopic (exact) mass is 227 g/mol. The van der Waals surface area contributed by atoms with Gasteiger partial charge in [-0.05, 0) is 22.5 Å². The molecule has 0 bridgehead atoms. The van der Waals surface area contributed by atoms with E-state index in [2.05, 4.69) is 55.8 Å². The Labute approximate surface area is 98.2 Å². The van der Waals surface area contributed by atoms with E-state index >= 15 is 0 Å². The van der Waals surface area contributed by atoms with Crippen molar-refractivity contribution in [3.05, 3.63) is 60.5 Å². The second kappa shape index (κ2) is 3.80. The van der Waals surface area contributed by atoms with E-state index < -0.39 is 8.07 Å². The fourth-order valence-corrected chi connectivity index (χ4v) is 5.33. The first kappa shape index (κ1) is 11.0. The lowest BCUT2D eigenvalue weighted by atomic mass is 10.2. The van der Waals surface area contributed by atoms with Crippen LogP contribution in [0.4, 0.5) is 5.69 Å². The Bertz CT molecular complexity index is 483. The second-order valence-corrected chi connectivity index (χ2v) is 8.86. The van der Waals surface area contributed by atoms with Gasteiger partial charge in [-0.3, -0.25) is 0 Å². The lowest BCUT2D eigenvalue weighted by molar-refractivity contribution is 1.42. The van der Waals surface area contributed by atoms with Crippen LogP contribution < -0.4 is 10.5 Å². The van der Waals surface area contributed by atoms with Gasteiger partial charge >= 0.3 is 0 Å². The molecule has 0 saturated carbocycles. The predicted molar refractivity (Wildman–Crippen MR) is 74.6 cm³/mol. The van der Waals surface area contributed by atoms with Crippen LogP contribution in [0.3, 0.4) is 0 Å². The van der Waals surface area contributed by atoms with Crippen LogP contribution in [0, 0.1) is 0 Å². The highest BCUT2D eigenvalue weighted by atomic mass is 28.3. The van der Waals surface area contributed by atoms with Crippen LogP contribution in [0.2, 0.25) is 13.1 Å². The van der Waals surface area contributed by atoms with Crippen LogP contribution in [-0.2, 0) is 0 Å². The van der Waals surface area contributed by atoms with E-state index in [0.717, 1.165) is 5.70 Å². The summed E-state index contributed by atoms with van der Waals surface area (Å²) in [5.74, 6) is 0. The summed E-state index contributed by atoms with van der Waals surface area (Å²) in [4.78, 5) is 0. The van der Waals surface area contributed by atoms with Gasteiger partial charge in [0.25, 0.3) is 0 Å². The van der Waals surface area contributed by atoms with Crippen molar-refractivity contribution >= 4 is 18.9 Å². The largest absolute Gasteiger partial charge is 0.356 e. The Kier molecular flexibility index (Phi) is 2.60. The van der Waals surface area contributed by atoms with Crippen LogP contribution in [0.15, 0.2) is 60.5 Å². The first-order valence-corrected chi connectivity index (χ1v) is 8.47. The van der Waals surface area contributed by atoms with Crippen molar-refractivity contribution in [2.45, 2.75) is 13.1 Å².